The van der Waals surface area contributed by atoms with Crippen molar-refractivity contribution in [3.8, 4) is 0 Å². The number of rotatable bonds is 4. The Hall–Kier alpha value is -3.21. The van der Waals surface area contributed by atoms with Gasteiger partial charge in [-0.15, -0.1) is 0 Å². The Balaban J connectivity index is 1.80. The van der Waals surface area contributed by atoms with Crippen molar-refractivity contribution in [2.75, 3.05) is 11.4 Å². The van der Waals surface area contributed by atoms with Crippen LogP contribution in [0.25, 0.3) is 6.58 Å². The summed E-state index contributed by atoms with van der Waals surface area (Å²) >= 11 is 0. The Kier molecular flexibility index (Phi) is 4.59. The maximum absolute atomic E-state index is 12.5. The van der Waals surface area contributed by atoms with E-state index in [0.29, 0.717) is 22.6 Å². The van der Waals surface area contributed by atoms with E-state index in [1.165, 1.54) is 11.1 Å². The van der Waals surface area contributed by atoms with Crippen LogP contribution in [0.15, 0.2) is 52.3 Å². The second-order valence-electron chi connectivity index (χ2n) is 7.63. The number of fused-ring (bicyclic) bond motifs is 2. The van der Waals surface area contributed by atoms with Gasteiger partial charge in [-0.2, -0.15) is 0 Å². The van der Waals surface area contributed by atoms with Crippen molar-refractivity contribution in [2.45, 2.75) is 27.2 Å². The maximum atomic E-state index is 12.5. The molecule has 0 spiro atoms. The van der Waals surface area contributed by atoms with Crippen LogP contribution in [0, 0.1) is 19.8 Å². The van der Waals surface area contributed by atoms with Gasteiger partial charge in [0.1, 0.15) is 5.48 Å². The maximum Gasteiger partial charge on any atom is 0.279 e. The molecule has 1 aliphatic heterocycles. The Morgan fingerprint density at radius 2 is 1.86 bits per heavy atom. The molecule has 0 bridgehead atoms. The summed E-state index contributed by atoms with van der Waals surface area (Å²) < 4.78 is 0. The lowest BCUT2D eigenvalue weighted by Crippen LogP contribution is -2.43. The standard InChI is InChI=1S/C23H24N4O/c1-14(10-18-8-6-5-7-9-18)13-27-20-12-16(3)15(2)11-19(20)26-21-22(27)24-17(4)25-23(21)28/h5-9,11-12,14H,4,10,13H2,1-3H3,(H,25,28). The second kappa shape index (κ2) is 7.08. The number of hydrogen-bond donors (Lipinski definition) is 1. The van der Waals surface area contributed by atoms with Gasteiger partial charge < -0.3 is 9.88 Å². The highest BCUT2D eigenvalue weighted by Gasteiger charge is 2.25. The summed E-state index contributed by atoms with van der Waals surface area (Å²) in [4.78, 5) is 26.5. The fraction of sp³-hybridized carbons (Fsp3) is 0.261. The summed E-state index contributed by atoms with van der Waals surface area (Å²) in [6.45, 7) is 10.9. The van der Waals surface area contributed by atoms with Gasteiger partial charge in [0.05, 0.1) is 11.4 Å². The van der Waals surface area contributed by atoms with E-state index in [2.05, 4.69) is 77.5 Å². The van der Waals surface area contributed by atoms with E-state index in [4.69, 9.17) is 0 Å². The first-order valence-corrected chi connectivity index (χ1v) is 9.53. The first-order chi connectivity index (χ1) is 13.4. The average molecular weight is 372 g/mol. The fourth-order valence-corrected chi connectivity index (χ4v) is 3.69. The molecule has 0 saturated heterocycles. The molecule has 0 amide bonds. The minimum absolute atomic E-state index is 0.250. The van der Waals surface area contributed by atoms with Crippen LogP contribution < -0.4 is 21.3 Å². The van der Waals surface area contributed by atoms with Gasteiger partial charge in [0.25, 0.3) is 5.56 Å². The second-order valence-corrected chi connectivity index (χ2v) is 7.63. The number of aromatic nitrogens is 2. The molecule has 142 valence electrons. The van der Waals surface area contributed by atoms with Gasteiger partial charge in [-0.05, 0) is 55.0 Å². The van der Waals surface area contributed by atoms with Gasteiger partial charge in [-0.1, -0.05) is 43.8 Å². The molecule has 0 radical (unpaired) electrons. The molecule has 1 unspecified atom stereocenters. The van der Waals surface area contributed by atoms with Crippen LogP contribution in [0.3, 0.4) is 0 Å². The van der Waals surface area contributed by atoms with Crippen LogP contribution in [0.2, 0.25) is 0 Å². The van der Waals surface area contributed by atoms with Crippen LogP contribution >= 0.6 is 0 Å². The van der Waals surface area contributed by atoms with Crippen molar-refractivity contribution in [2.24, 2.45) is 10.9 Å². The smallest absolute Gasteiger partial charge is 0.279 e. The van der Waals surface area contributed by atoms with E-state index in [1.54, 1.807) is 0 Å². The molecule has 2 aromatic carbocycles. The lowest BCUT2D eigenvalue weighted by molar-refractivity contribution is 0.580. The quantitative estimate of drug-likeness (QED) is 0.766. The van der Waals surface area contributed by atoms with Crippen LogP contribution in [0.4, 0.5) is 17.2 Å². The lowest BCUT2D eigenvalue weighted by Gasteiger charge is -2.31. The van der Waals surface area contributed by atoms with E-state index in [0.717, 1.165) is 29.9 Å². The number of nitrogens with one attached hydrogen (secondary N) is 1. The minimum Gasteiger partial charge on any atom is -0.322 e. The summed E-state index contributed by atoms with van der Waals surface area (Å²) in [6, 6.07) is 14.6. The zero-order chi connectivity index (χ0) is 19.8. The van der Waals surface area contributed by atoms with Crippen LogP contribution in [-0.2, 0) is 6.42 Å². The van der Waals surface area contributed by atoms with E-state index >= 15 is 0 Å². The van der Waals surface area contributed by atoms with E-state index < -0.39 is 0 Å². The number of benzene rings is 2. The molecule has 2 heterocycles. The summed E-state index contributed by atoms with van der Waals surface area (Å²) in [5.74, 6) is 0.946. The van der Waals surface area contributed by atoms with Gasteiger partial charge in [0.15, 0.2) is 11.2 Å². The van der Waals surface area contributed by atoms with Crippen LogP contribution in [0.5, 0.6) is 0 Å². The third kappa shape index (κ3) is 3.36. The molecule has 3 aromatic rings. The predicted octanol–water partition coefficient (Wildman–Crippen LogP) is 3.08. The molecular weight excluding hydrogens is 348 g/mol. The molecule has 5 nitrogen and oxygen atoms in total. The molecular formula is C23H24N4O. The summed E-state index contributed by atoms with van der Waals surface area (Å²) in [6.07, 6.45) is 0.949. The van der Waals surface area contributed by atoms with Gasteiger partial charge in [-0.25, -0.2) is 9.98 Å². The number of anilines is 2. The molecule has 28 heavy (non-hydrogen) atoms. The molecule has 1 aromatic heterocycles. The van der Waals surface area contributed by atoms with Crippen molar-refractivity contribution in [3.63, 3.8) is 0 Å². The normalized spacial score (nSPS) is 13.5. The van der Waals surface area contributed by atoms with Gasteiger partial charge in [0.2, 0.25) is 0 Å². The highest BCUT2D eigenvalue weighted by molar-refractivity contribution is 5.77. The first-order valence-electron chi connectivity index (χ1n) is 9.53. The third-order valence-electron chi connectivity index (χ3n) is 5.22. The molecule has 0 fully saturated rings. The van der Waals surface area contributed by atoms with Crippen molar-refractivity contribution in [1.82, 2.24) is 9.97 Å². The van der Waals surface area contributed by atoms with Gasteiger partial charge in [-0.3, -0.25) is 4.79 Å². The van der Waals surface area contributed by atoms with E-state index in [-0.39, 0.29) is 5.56 Å². The van der Waals surface area contributed by atoms with E-state index in [9.17, 15) is 4.79 Å². The number of hydrogen-bond acceptors (Lipinski definition) is 4. The highest BCUT2D eigenvalue weighted by Crippen LogP contribution is 2.37. The minimum atomic E-state index is -0.250. The first kappa shape index (κ1) is 18.2. The average Bonchev–Trinajstić information content (AvgIpc) is 2.65. The largest absolute Gasteiger partial charge is 0.322 e. The fourth-order valence-electron chi connectivity index (χ4n) is 3.69. The molecule has 1 N–H and O–H groups in total. The number of H-pyrrole nitrogens is 1. The topological polar surface area (TPSA) is 61.4 Å². The van der Waals surface area contributed by atoms with Crippen molar-refractivity contribution < 1.29 is 0 Å². The summed E-state index contributed by atoms with van der Waals surface area (Å²) in [7, 11) is 0. The molecule has 0 aliphatic carbocycles. The number of aryl methyl sites for hydroxylation is 2. The van der Waals surface area contributed by atoms with Crippen molar-refractivity contribution in [3.05, 3.63) is 80.3 Å². The monoisotopic (exact) mass is 372 g/mol. The van der Waals surface area contributed by atoms with Crippen LogP contribution in [0.1, 0.15) is 23.6 Å². The highest BCUT2D eigenvalue weighted by atomic mass is 16.1. The molecule has 0 saturated carbocycles. The molecule has 1 aliphatic rings. The predicted molar refractivity (Wildman–Crippen MR) is 113 cm³/mol. The SMILES string of the molecule is C=c1nc2c(c(=O)[nH]1)=Nc1cc(C)c(C)cc1N2CC(C)Cc1ccccc1. The summed E-state index contributed by atoms with van der Waals surface area (Å²) in [5.41, 5.74) is 5.55. The lowest BCUT2D eigenvalue weighted by atomic mass is 9.99. The van der Waals surface area contributed by atoms with Crippen molar-refractivity contribution >= 4 is 23.8 Å². The zero-order valence-electron chi connectivity index (χ0n) is 16.5. The summed E-state index contributed by atoms with van der Waals surface area (Å²) in [5, 5.41) is 0.357. The van der Waals surface area contributed by atoms with Crippen LogP contribution in [-0.4, -0.2) is 16.5 Å². The van der Waals surface area contributed by atoms with E-state index in [1.807, 2.05) is 12.1 Å². The zero-order valence-corrected chi connectivity index (χ0v) is 16.5. The molecule has 1 atom stereocenters. The molecule has 4 rings (SSSR count). The Bertz CT molecular complexity index is 1200. The van der Waals surface area contributed by atoms with Gasteiger partial charge in [0, 0.05) is 6.54 Å². The Morgan fingerprint density at radius 3 is 2.61 bits per heavy atom. The third-order valence-corrected chi connectivity index (χ3v) is 5.22. The van der Waals surface area contributed by atoms with Crippen molar-refractivity contribution in [1.29, 1.82) is 0 Å². The Morgan fingerprint density at radius 1 is 1.14 bits per heavy atom. The number of nitrogens with zero attached hydrogens (tertiary/aromatic N) is 3. The molecule has 5 heteroatoms. The Labute approximate surface area is 164 Å². The van der Waals surface area contributed by atoms with Gasteiger partial charge >= 0.3 is 0 Å². The number of aromatic amines is 1.